The zero-order valence-electron chi connectivity index (χ0n) is 68.5. The van der Waals surface area contributed by atoms with Crippen molar-refractivity contribution < 1.29 is 0 Å². The normalized spacial score (nSPS) is 16.4. The SMILES string of the molecule is CC(C)(C)c1ccc2c(c1)-c1cc3c(cc1C21c2ccccc2-c2ccccc21)-c1cc2c(cc1C31c3cc4c(cc3-c3cc5c(cc31)-c1cc(C(C)(C)C)ccc1C51c3ccccc3-c3ccccc31)C1(c3ccccc3-c3ccccc31)c1ccc(C(C)(C)C)cc1-4)-c1cc(C(C)(C)C)ccc1C21c2ccccc2-c2ccccc21. The third kappa shape index (κ3) is 7.57. The molecule has 16 aromatic rings. The molecule has 5 spiro atoms. The lowest BCUT2D eigenvalue weighted by molar-refractivity contribution is 0.589. The lowest BCUT2D eigenvalue weighted by atomic mass is 9.66. The van der Waals surface area contributed by atoms with Crippen LogP contribution in [0.4, 0.5) is 0 Å². The van der Waals surface area contributed by atoms with Crippen LogP contribution in [0.1, 0.15) is 217 Å². The third-order valence-corrected chi connectivity index (χ3v) is 30.6. The van der Waals surface area contributed by atoms with Gasteiger partial charge in [-0.25, -0.2) is 0 Å². The molecule has 10 aliphatic carbocycles. The number of hydrogen-bond acceptors (Lipinski definition) is 0. The van der Waals surface area contributed by atoms with Crippen LogP contribution in [0.2, 0.25) is 0 Å². The highest BCUT2D eigenvalue weighted by molar-refractivity contribution is 6.09. The van der Waals surface area contributed by atoms with Gasteiger partial charge < -0.3 is 0 Å². The van der Waals surface area contributed by atoms with Crippen molar-refractivity contribution >= 4 is 0 Å². The molecular formula is C117H88. The largest absolute Gasteiger partial charge is 0.0726 e. The number of fused-ring (bicyclic) bond motifs is 50. The Labute approximate surface area is 687 Å². The molecule has 0 aliphatic heterocycles. The van der Waals surface area contributed by atoms with Crippen LogP contribution < -0.4 is 0 Å². The molecule has 26 rings (SSSR count). The van der Waals surface area contributed by atoms with Crippen molar-refractivity contribution in [1.29, 1.82) is 0 Å². The average Bonchev–Trinajstić information content (AvgIpc) is 1.47. The van der Waals surface area contributed by atoms with Crippen molar-refractivity contribution in [3.63, 3.8) is 0 Å². The minimum Gasteiger partial charge on any atom is -0.0619 e. The Bertz CT molecular complexity index is 6300. The first-order valence-corrected chi connectivity index (χ1v) is 42.7. The van der Waals surface area contributed by atoms with Crippen LogP contribution >= 0.6 is 0 Å². The summed E-state index contributed by atoms with van der Waals surface area (Å²) in [7, 11) is 0. The van der Waals surface area contributed by atoms with E-state index in [2.05, 4.69) is 399 Å². The monoisotopic (exact) mass is 1490 g/mol. The molecule has 0 heteroatoms. The zero-order chi connectivity index (χ0) is 78.7. The summed E-state index contributed by atoms with van der Waals surface area (Å²) in [5, 5.41) is 0. The highest BCUT2D eigenvalue weighted by Crippen LogP contribution is 2.75. The summed E-state index contributed by atoms with van der Waals surface area (Å²) in [4.78, 5) is 0. The van der Waals surface area contributed by atoms with Gasteiger partial charge in [0.15, 0.2) is 0 Å². The summed E-state index contributed by atoms with van der Waals surface area (Å²) in [5.41, 5.74) is 55.0. The Morgan fingerprint density at radius 1 is 0.120 bits per heavy atom. The molecule has 0 nitrogen and oxygen atoms in total. The minimum atomic E-state index is -0.915. The molecule has 0 bridgehead atoms. The quantitative estimate of drug-likeness (QED) is 0.142. The first kappa shape index (κ1) is 66.8. The maximum absolute atomic E-state index is 2.83. The van der Waals surface area contributed by atoms with Crippen LogP contribution in [0, 0.1) is 0 Å². The smallest absolute Gasteiger partial charge is 0.0619 e. The molecule has 0 unspecified atom stereocenters. The van der Waals surface area contributed by atoms with Gasteiger partial charge in [0.25, 0.3) is 0 Å². The standard InChI is InChI=1S/C117H88/c1-109(2,3)65-45-49-97-77(53-65)81-57-105-85(61-101(81)113(97)89-37-21-13-29-69(89)70-30-14-22-38-90(70)113)86-62-102-82(78-54-66(110(4,5)6)46-50-98(78)114(102)91-39-23-15-31-71(91)72-32-16-24-40-92(72)114)58-106(86)117(105)107-59-83-79-55-67(111(7,8)9)47-51-99(79)115(93-41-25-17-33-73(93)74-34-18-26-42-94(74)115)103(83)63-87(107)88-64-104-84(60-108(88)117)80-56-68(112(10,11)12)48-52-100(80)116(104)95-43-27-19-35-75(95)76-36-20-28-44-96(76)116/h13-64H,1-12H3. The lowest BCUT2D eigenvalue weighted by Gasteiger charge is -2.34. The van der Waals surface area contributed by atoms with Gasteiger partial charge in [0, 0.05) is 0 Å². The summed E-state index contributed by atoms with van der Waals surface area (Å²) >= 11 is 0. The average molecular weight is 1490 g/mol. The molecule has 0 saturated heterocycles. The summed E-state index contributed by atoms with van der Waals surface area (Å²) < 4.78 is 0. The second-order valence-electron chi connectivity index (χ2n) is 39.9. The van der Waals surface area contributed by atoms with E-state index in [0.717, 1.165) is 0 Å². The van der Waals surface area contributed by atoms with Crippen LogP contribution in [-0.4, -0.2) is 0 Å². The maximum Gasteiger partial charge on any atom is 0.0726 e. The fourth-order valence-corrected chi connectivity index (χ4v) is 25.6. The molecule has 0 amide bonds. The van der Waals surface area contributed by atoms with Crippen molar-refractivity contribution in [2.75, 3.05) is 0 Å². The Hall–Kier alpha value is -12.5. The van der Waals surface area contributed by atoms with E-state index in [4.69, 9.17) is 0 Å². The molecule has 0 fully saturated rings. The summed E-state index contributed by atoms with van der Waals surface area (Å²) in [5.74, 6) is 0. The van der Waals surface area contributed by atoms with E-state index in [9.17, 15) is 0 Å². The fourth-order valence-electron chi connectivity index (χ4n) is 25.6. The molecule has 16 aromatic carbocycles. The van der Waals surface area contributed by atoms with Gasteiger partial charge in [0.05, 0.1) is 27.1 Å². The van der Waals surface area contributed by atoms with Crippen LogP contribution in [0.5, 0.6) is 0 Å². The lowest BCUT2D eigenvalue weighted by Crippen LogP contribution is -2.28. The van der Waals surface area contributed by atoms with E-state index >= 15 is 0 Å². The van der Waals surface area contributed by atoms with Crippen LogP contribution in [0.25, 0.3) is 111 Å². The van der Waals surface area contributed by atoms with Gasteiger partial charge in [0.2, 0.25) is 0 Å². The molecule has 0 heterocycles. The number of rotatable bonds is 0. The van der Waals surface area contributed by atoms with Crippen molar-refractivity contribution in [3.8, 4) is 111 Å². The molecular weight excluding hydrogens is 1410 g/mol. The summed E-state index contributed by atoms with van der Waals surface area (Å²) in [6.07, 6.45) is 0. The third-order valence-electron chi connectivity index (χ3n) is 30.6. The van der Waals surface area contributed by atoms with Gasteiger partial charge in [-0.15, -0.1) is 0 Å². The van der Waals surface area contributed by atoms with Gasteiger partial charge in [-0.3, -0.25) is 0 Å². The van der Waals surface area contributed by atoms with E-state index in [1.54, 1.807) is 0 Å². The van der Waals surface area contributed by atoms with E-state index in [0.29, 0.717) is 0 Å². The van der Waals surface area contributed by atoms with Gasteiger partial charge >= 0.3 is 0 Å². The molecule has 117 heavy (non-hydrogen) atoms. The summed E-state index contributed by atoms with van der Waals surface area (Å²) in [6.45, 7) is 28.8. The molecule has 0 radical (unpaired) electrons. The second-order valence-corrected chi connectivity index (χ2v) is 39.9. The summed E-state index contributed by atoms with van der Waals surface area (Å²) in [6, 6.07) is 129. The van der Waals surface area contributed by atoms with Crippen molar-refractivity contribution in [3.05, 3.63) is 449 Å². The van der Waals surface area contributed by atoms with E-state index in [1.165, 1.54) is 245 Å². The first-order chi connectivity index (χ1) is 56.5. The Kier molecular flexibility index (Phi) is 12.2. The van der Waals surface area contributed by atoms with Crippen LogP contribution in [0.15, 0.2) is 315 Å². The fraction of sp³-hybridized carbons (Fsp3) is 0.179. The van der Waals surface area contributed by atoms with Crippen LogP contribution in [-0.2, 0) is 48.7 Å². The van der Waals surface area contributed by atoms with E-state index < -0.39 is 27.1 Å². The van der Waals surface area contributed by atoms with Crippen LogP contribution in [0.3, 0.4) is 0 Å². The molecule has 0 saturated carbocycles. The molecule has 0 N–H and O–H groups in total. The topological polar surface area (TPSA) is 0 Å². The maximum atomic E-state index is 2.83. The van der Waals surface area contributed by atoms with Gasteiger partial charge in [-0.1, -0.05) is 350 Å². The highest BCUT2D eigenvalue weighted by atomic mass is 14.6. The molecule has 10 aliphatic rings. The van der Waals surface area contributed by atoms with Crippen molar-refractivity contribution in [2.24, 2.45) is 0 Å². The first-order valence-electron chi connectivity index (χ1n) is 42.7. The van der Waals surface area contributed by atoms with E-state index in [1.807, 2.05) is 0 Å². The number of benzene rings is 16. The molecule has 556 valence electrons. The predicted octanol–water partition coefficient (Wildman–Crippen LogP) is 28.6. The van der Waals surface area contributed by atoms with Crippen molar-refractivity contribution in [1.82, 2.24) is 0 Å². The Morgan fingerprint density at radius 3 is 0.385 bits per heavy atom. The van der Waals surface area contributed by atoms with Gasteiger partial charge in [-0.05, 0) is 315 Å². The molecule has 0 atom stereocenters. The van der Waals surface area contributed by atoms with Crippen molar-refractivity contribution in [2.45, 2.75) is 132 Å². The Morgan fingerprint density at radius 2 is 0.239 bits per heavy atom. The van der Waals surface area contributed by atoms with Gasteiger partial charge in [0.1, 0.15) is 0 Å². The highest BCUT2D eigenvalue weighted by Gasteiger charge is 2.63. The van der Waals surface area contributed by atoms with E-state index in [-0.39, 0.29) is 21.7 Å². The van der Waals surface area contributed by atoms with Gasteiger partial charge in [-0.2, -0.15) is 0 Å². The molecule has 0 aromatic heterocycles. The predicted molar refractivity (Wildman–Crippen MR) is 483 cm³/mol. The minimum absolute atomic E-state index is 0.131. The second kappa shape index (κ2) is 21.4. The number of hydrogen-bond donors (Lipinski definition) is 0. The zero-order valence-corrected chi connectivity index (χ0v) is 68.5. The Balaban J connectivity index is 0.883.